The third-order valence-electron chi connectivity index (χ3n) is 10.3. The standard InChI is InChI=1S/C39H53N5O9.C6H12/c1-6-8-9-12-26-13-10-14-30(36(50)43-29(11-7-2)34(48)37(51)41-23-33(46)47)42-32(45)22-40-35(49)31(44-38(52)53-39(3,4)5)20-25-17-15-24(16-18-25)19-27-21-28(26)27;1-2-4-6-5-3-1/h6,8-9,13,15-18,27-31H,1,7,10-12,14,19-23H2,2-5H3,(H,40,49)(H,41,51)(H,42,45)(H,43,50)(H,44,52)(H,46,47);1-6H2/b9-8-,26-13+;. The number of Topliss-reactive ketones (excluding diaryl/α,β-unsaturated/α-hetero) is 1. The maximum atomic E-state index is 13.7. The van der Waals surface area contributed by atoms with Gasteiger partial charge < -0.3 is 36.4 Å². The maximum Gasteiger partial charge on any atom is 0.408 e. The molecule has 5 unspecified atom stereocenters. The van der Waals surface area contributed by atoms with Crippen LogP contribution in [0.25, 0.3) is 0 Å². The summed E-state index contributed by atoms with van der Waals surface area (Å²) in [5, 5.41) is 21.3. The molecule has 2 aliphatic heterocycles. The number of hydrogen-bond acceptors (Lipinski definition) is 8. The monoisotopic (exact) mass is 819 g/mol. The van der Waals surface area contributed by atoms with Gasteiger partial charge in [0.15, 0.2) is 0 Å². The predicted octanol–water partition coefficient (Wildman–Crippen LogP) is 5.15. The van der Waals surface area contributed by atoms with Crippen molar-refractivity contribution in [2.45, 2.75) is 141 Å². The molecule has 0 radical (unpaired) electrons. The Labute approximate surface area is 348 Å². The summed E-state index contributed by atoms with van der Waals surface area (Å²) in [4.78, 5) is 89.2. The highest BCUT2D eigenvalue weighted by atomic mass is 16.6. The normalized spacial score (nSPS) is 22.7. The fraction of sp³-hybridized carbons (Fsp3) is 0.578. The van der Waals surface area contributed by atoms with Gasteiger partial charge in [0.25, 0.3) is 5.91 Å². The number of carbonyl (C=O) groups is 7. The van der Waals surface area contributed by atoms with Gasteiger partial charge in [-0.1, -0.05) is 113 Å². The van der Waals surface area contributed by atoms with Crippen LogP contribution in [0.15, 0.2) is 60.7 Å². The van der Waals surface area contributed by atoms with E-state index in [2.05, 4.69) is 33.9 Å². The lowest BCUT2D eigenvalue weighted by Gasteiger charge is -2.24. The van der Waals surface area contributed by atoms with Crippen LogP contribution in [0.4, 0.5) is 4.79 Å². The van der Waals surface area contributed by atoms with Crippen LogP contribution in [-0.2, 0) is 46.3 Å². The molecule has 14 heteroatoms. The number of allylic oxidation sites excluding steroid dienone is 5. The minimum absolute atomic E-state index is 0.0955. The van der Waals surface area contributed by atoms with E-state index in [-0.39, 0.29) is 19.3 Å². The predicted molar refractivity (Wildman–Crippen MR) is 225 cm³/mol. The molecule has 0 saturated heterocycles. The molecule has 14 nitrogen and oxygen atoms in total. The summed E-state index contributed by atoms with van der Waals surface area (Å²) in [5.74, 6) is -4.82. The number of benzene rings is 1. The molecule has 324 valence electrons. The molecule has 2 heterocycles. The molecule has 2 fully saturated rings. The Morgan fingerprint density at radius 2 is 1.61 bits per heavy atom. The van der Waals surface area contributed by atoms with E-state index in [1.54, 1.807) is 33.8 Å². The highest BCUT2D eigenvalue weighted by Crippen LogP contribution is 2.47. The third-order valence-corrected chi connectivity index (χ3v) is 10.3. The number of carboxylic acid groups (broad SMARTS) is 1. The molecular formula is C45H65N5O9. The van der Waals surface area contributed by atoms with Crippen LogP contribution in [0.5, 0.6) is 0 Å². The zero-order valence-corrected chi connectivity index (χ0v) is 35.2. The zero-order chi connectivity index (χ0) is 43.4. The zero-order valence-electron chi connectivity index (χ0n) is 35.2. The van der Waals surface area contributed by atoms with Crippen molar-refractivity contribution in [2.24, 2.45) is 11.8 Å². The number of alkyl carbamates (subject to hydrolysis) is 1. The van der Waals surface area contributed by atoms with E-state index < -0.39 is 78.3 Å². The highest BCUT2D eigenvalue weighted by molar-refractivity contribution is 6.38. The lowest BCUT2D eigenvalue weighted by Crippen LogP contribution is -2.55. The second-order valence-corrected chi connectivity index (χ2v) is 16.5. The Balaban J connectivity index is 0.00000142. The van der Waals surface area contributed by atoms with Gasteiger partial charge in [0.1, 0.15) is 24.2 Å². The van der Waals surface area contributed by atoms with Crippen LogP contribution < -0.4 is 26.6 Å². The summed E-state index contributed by atoms with van der Waals surface area (Å²) >= 11 is 0. The fourth-order valence-electron chi connectivity index (χ4n) is 7.15. The van der Waals surface area contributed by atoms with E-state index in [4.69, 9.17) is 9.84 Å². The van der Waals surface area contributed by atoms with Crippen LogP contribution in [0, 0.1) is 11.8 Å². The van der Waals surface area contributed by atoms with E-state index in [9.17, 15) is 33.6 Å². The smallest absolute Gasteiger partial charge is 0.408 e. The average molecular weight is 820 g/mol. The van der Waals surface area contributed by atoms with Gasteiger partial charge in [0.2, 0.25) is 23.5 Å². The first kappa shape index (κ1) is 48.1. The van der Waals surface area contributed by atoms with E-state index in [0.29, 0.717) is 31.1 Å². The van der Waals surface area contributed by atoms with Crippen molar-refractivity contribution < 1.29 is 43.4 Å². The van der Waals surface area contributed by atoms with Crippen molar-refractivity contribution in [1.82, 2.24) is 26.6 Å². The van der Waals surface area contributed by atoms with Crippen molar-refractivity contribution in [2.75, 3.05) is 13.1 Å². The van der Waals surface area contributed by atoms with Gasteiger partial charge in [-0.15, -0.1) is 0 Å². The molecular weight excluding hydrogens is 755 g/mol. The Morgan fingerprint density at radius 1 is 0.983 bits per heavy atom. The fourth-order valence-corrected chi connectivity index (χ4v) is 7.15. The molecule has 2 aliphatic carbocycles. The van der Waals surface area contributed by atoms with Crippen LogP contribution in [0.1, 0.15) is 116 Å². The van der Waals surface area contributed by atoms with Crippen LogP contribution >= 0.6 is 0 Å². The lowest BCUT2D eigenvalue weighted by atomic mass is 9.98. The first-order chi connectivity index (χ1) is 28.1. The molecule has 5 rings (SSSR count). The molecule has 0 aromatic heterocycles. The number of rotatable bonds is 12. The van der Waals surface area contributed by atoms with E-state index in [1.165, 1.54) is 44.1 Å². The summed E-state index contributed by atoms with van der Waals surface area (Å²) in [6.45, 7) is 9.31. The summed E-state index contributed by atoms with van der Waals surface area (Å²) < 4.78 is 5.37. The van der Waals surface area contributed by atoms with Gasteiger partial charge in [-0.05, 0) is 82.3 Å². The Morgan fingerprint density at radius 3 is 2.19 bits per heavy atom. The molecule has 2 bridgehead atoms. The second kappa shape index (κ2) is 24.6. The summed E-state index contributed by atoms with van der Waals surface area (Å²) in [6.07, 6.45) is 19.6. The topological polar surface area (TPSA) is 209 Å². The largest absolute Gasteiger partial charge is 0.480 e. The quantitative estimate of drug-likeness (QED) is 0.0935. The molecule has 1 aromatic rings. The van der Waals surface area contributed by atoms with E-state index in [0.717, 1.165) is 24.0 Å². The van der Waals surface area contributed by atoms with Gasteiger partial charge in [-0.25, -0.2) is 4.79 Å². The molecule has 0 spiro atoms. The average Bonchev–Trinajstić information content (AvgIpc) is 3.96. The Kier molecular flexibility index (Phi) is 20.1. The molecule has 4 aliphatic rings. The van der Waals surface area contributed by atoms with Gasteiger partial charge in [-0.2, -0.15) is 0 Å². The third kappa shape index (κ3) is 18.5. The number of ether oxygens (including phenoxy) is 1. The van der Waals surface area contributed by atoms with Gasteiger partial charge >= 0.3 is 12.1 Å². The molecule has 6 N–H and O–H groups in total. The van der Waals surface area contributed by atoms with Gasteiger partial charge in [0.05, 0.1) is 12.6 Å². The minimum Gasteiger partial charge on any atom is -0.480 e. The number of fused-ring (bicyclic) bond motifs is 12. The van der Waals surface area contributed by atoms with Gasteiger partial charge in [0, 0.05) is 6.42 Å². The van der Waals surface area contributed by atoms with Crippen LogP contribution in [0.2, 0.25) is 0 Å². The first-order valence-electron chi connectivity index (χ1n) is 21.0. The number of aliphatic carboxylic acids is 1. The summed E-state index contributed by atoms with van der Waals surface area (Å²) in [6, 6.07) is 4.38. The van der Waals surface area contributed by atoms with Crippen molar-refractivity contribution >= 4 is 41.5 Å². The van der Waals surface area contributed by atoms with Crippen molar-refractivity contribution in [3.8, 4) is 0 Å². The summed E-state index contributed by atoms with van der Waals surface area (Å²) in [7, 11) is 0. The second-order valence-electron chi connectivity index (χ2n) is 16.5. The molecule has 2 saturated carbocycles. The SMILES string of the molecule is C1CCCCC1.C=C/C=C\C/C1=C\CCC(C(=O)NC(CCC)C(=O)C(=O)NCC(=O)O)NC(=O)CNC(=O)C(NC(=O)OC(C)(C)C)Cc2ccc(cc2)CC2CC12. The minimum atomic E-state index is -1.33. The van der Waals surface area contributed by atoms with Gasteiger partial charge in [-0.3, -0.25) is 28.8 Å². The van der Waals surface area contributed by atoms with Crippen molar-refractivity contribution in [1.29, 1.82) is 0 Å². The van der Waals surface area contributed by atoms with Crippen LogP contribution in [0.3, 0.4) is 0 Å². The molecule has 1 aromatic carbocycles. The Bertz CT molecular complexity index is 1670. The number of hydrogen-bond donors (Lipinski definition) is 6. The maximum absolute atomic E-state index is 13.7. The van der Waals surface area contributed by atoms with Crippen molar-refractivity contribution in [3.63, 3.8) is 0 Å². The first-order valence-corrected chi connectivity index (χ1v) is 21.0. The van der Waals surface area contributed by atoms with Crippen LogP contribution in [-0.4, -0.2) is 83.4 Å². The number of carboxylic acids is 1. The highest BCUT2D eigenvalue weighted by Gasteiger charge is 2.39. The summed E-state index contributed by atoms with van der Waals surface area (Å²) in [5.41, 5.74) is 2.32. The van der Waals surface area contributed by atoms with Crippen molar-refractivity contribution in [3.05, 3.63) is 71.8 Å². The number of carbonyl (C=O) groups excluding carboxylic acids is 6. The van der Waals surface area contributed by atoms with E-state index in [1.807, 2.05) is 41.7 Å². The molecule has 59 heavy (non-hydrogen) atoms. The van der Waals surface area contributed by atoms with E-state index >= 15 is 0 Å². The molecule has 5 amide bonds. The number of ketones is 1. The Hall–Kier alpha value is -5.27. The molecule has 5 atom stereocenters. The number of amides is 5. The lowest BCUT2D eigenvalue weighted by molar-refractivity contribution is -0.143. The number of nitrogens with one attached hydrogen (secondary N) is 5.